The van der Waals surface area contributed by atoms with Crippen LogP contribution in [-0.4, -0.2) is 52.9 Å². The lowest BCUT2D eigenvalue weighted by molar-refractivity contribution is -0.120. The van der Waals surface area contributed by atoms with E-state index >= 15 is 0 Å². The molecule has 0 atom stereocenters. The fraction of sp³-hybridized carbons (Fsp3) is 0.231. The van der Waals surface area contributed by atoms with Crippen molar-refractivity contribution in [3.63, 3.8) is 0 Å². The van der Waals surface area contributed by atoms with Crippen LogP contribution in [0.15, 0.2) is 72.7 Å². The third kappa shape index (κ3) is 3.75. The zero-order chi connectivity index (χ0) is 22.9. The van der Waals surface area contributed by atoms with Gasteiger partial charge in [0.15, 0.2) is 0 Å². The summed E-state index contributed by atoms with van der Waals surface area (Å²) in [6, 6.07) is 16.9. The molecule has 1 aromatic heterocycles. The van der Waals surface area contributed by atoms with E-state index in [4.69, 9.17) is 0 Å². The average molecular weight is 440 g/mol. The van der Waals surface area contributed by atoms with Crippen molar-refractivity contribution in [2.75, 3.05) is 36.0 Å². The van der Waals surface area contributed by atoms with Gasteiger partial charge in [-0.1, -0.05) is 42.0 Å². The molecule has 1 saturated heterocycles. The first-order valence-electron chi connectivity index (χ1n) is 11.1. The maximum Gasteiger partial charge on any atom is 0.282 e. The number of carbonyl (C=O) groups is 2. The largest absolute Gasteiger partial charge is 0.363 e. The van der Waals surface area contributed by atoms with Crippen molar-refractivity contribution >= 4 is 29.0 Å². The van der Waals surface area contributed by atoms with E-state index in [9.17, 15) is 9.59 Å². The van der Waals surface area contributed by atoms with Crippen LogP contribution in [0.25, 0.3) is 5.57 Å². The van der Waals surface area contributed by atoms with Crippen LogP contribution in [0.5, 0.6) is 0 Å². The summed E-state index contributed by atoms with van der Waals surface area (Å²) in [7, 11) is 0. The van der Waals surface area contributed by atoms with Crippen LogP contribution in [0.1, 0.15) is 16.7 Å². The lowest BCUT2D eigenvalue weighted by Crippen LogP contribution is -2.48. The number of nitrogens with zero attached hydrogens (tertiary/aromatic N) is 5. The van der Waals surface area contributed by atoms with Crippen LogP contribution in [-0.2, 0) is 9.59 Å². The maximum absolute atomic E-state index is 13.7. The summed E-state index contributed by atoms with van der Waals surface area (Å²) in [5.41, 5.74) is 4.44. The third-order valence-corrected chi connectivity index (χ3v) is 6.16. The van der Waals surface area contributed by atoms with Gasteiger partial charge >= 0.3 is 0 Å². The zero-order valence-corrected chi connectivity index (χ0v) is 18.7. The number of hydrogen-bond acceptors (Lipinski definition) is 6. The van der Waals surface area contributed by atoms with Crippen LogP contribution in [0, 0.1) is 13.8 Å². The topological polar surface area (TPSA) is 69.6 Å². The van der Waals surface area contributed by atoms with Gasteiger partial charge < -0.3 is 9.80 Å². The van der Waals surface area contributed by atoms with E-state index in [0.29, 0.717) is 49.1 Å². The molecule has 7 nitrogen and oxygen atoms in total. The quantitative estimate of drug-likeness (QED) is 0.582. The second kappa shape index (κ2) is 8.50. The minimum atomic E-state index is -0.276. The molecule has 2 amide bonds. The number of piperazine rings is 1. The molecule has 2 aliphatic rings. The SMILES string of the molecule is Cc1ccc(C2=C(N3CCN(c4ncccn4)CC3)C(=O)N(c3ccccc3)C2=O)c(C)c1. The second-order valence-electron chi connectivity index (χ2n) is 8.35. The Hall–Kier alpha value is -4.00. The van der Waals surface area contributed by atoms with E-state index in [1.54, 1.807) is 30.6 Å². The number of imide groups is 1. The summed E-state index contributed by atoms with van der Waals surface area (Å²) in [6.45, 7) is 6.55. The minimum absolute atomic E-state index is 0.273. The number of aryl methyl sites for hydroxylation is 2. The Labute approximate surface area is 193 Å². The molecule has 2 aromatic carbocycles. The van der Waals surface area contributed by atoms with E-state index in [1.807, 2.05) is 55.1 Å². The average Bonchev–Trinajstić information content (AvgIpc) is 3.10. The number of para-hydroxylation sites is 1. The molecule has 0 bridgehead atoms. The number of rotatable bonds is 4. The van der Waals surface area contributed by atoms with Gasteiger partial charge in [-0.25, -0.2) is 14.9 Å². The van der Waals surface area contributed by atoms with Crippen molar-refractivity contribution in [3.8, 4) is 0 Å². The molecule has 3 aromatic rings. The van der Waals surface area contributed by atoms with Crippen molar-refractivity contribution in [1.82, 2.24) is 14.9 Å². The van der Waals surface area contributed by atoms with Crippen molar-refractivity contribution in [2.45, 2.75) is 13.8 Å². The Morgan fingerprint density at radius 1 is 0.758 bits per heavy atom. The number of benzene rings is 2. The first-order valence-corrected chi connectivity index (χ1v) is 11.1. The molecular weight excluding hydrogens is 414 g/mol. The van der Waals surface area contributed by atoms with E-state index in [1.165, 1.54) is 4.90 Å². The highest BCUT2D eigenvalue weighted by atomic mass is 16.2. The van der Waals surface area contributed by atoms with E-state index in [0.717, 1.165) is 16.7 Å². The molecular formula is C26H25N5O2. The lowest BCUT2D eigenvalue weighted by Gasteiger charge is -2.36. The second-order valence-corrected chi connectivity index (χ2v) is 8.35. The van der Waals surface area contributed by atoms with E-state index < -0.39 is 0 Å². The summed E-state index contributed by atoms with van der Waals surface area (Å²) in [5, 5.41) is 0. The Morgan fingerprint density at radius 2 is 1.42 bits per heavy atom. The highest BCUT2D eigenvalue weighted by molar-refractivity contribution is 6.45. The predicted molar refractivity (Wildman–Crippen MR) is 128 cm³/mol. The fourth-order valence-electron chi connectivity index (χ4n) is 4.54. The van der Waals surface area contributed by atoms with Gasteiger partial charge in [-0.15, -0.1) is 0 Å². The number of aromatic nitrogens is 2. The monoisotopic (exact) mass is 439 g/mol. The van der Waals surface area contributed by atoms with Crippen LogP contribution < -0.4 is 9.80 Å². The number of carbonyl (C=O) groups excluding carboxylic acids is 2. The van der Waals surface area contributed by atoms with Gasteiger partial charge in [0.25, 0.3) is 11.8 Å². The summed E-state index contributed by atoms with van der Waals surface area (Å²) in [6.07, 6.45) is 3.46. The van der Waals surface area contributed by atoms with Crippen LogP contribution in [0.3, 0.4) is 0 Å². The van der Waals surface area contributed by atoms with Gasteiger partial charge in [0, 0.05) is 38.6 Å². The van der Waals surface area contributed by atoms with Gasteiger partial charge in [0.2, 0.25) is 5.95 Å². The fourth-order valence-corrected chi connectivity index (χ4v) is 4.54. The first-order chi connectivity index (χ1) is 16.0. The normalized spacial score (nSPS) is 16.7. The number of amides is 2. The summed E-state index contributed by atoms with van der Waals surface area (Å²) in [4.78, 5) is 41.5. The molecule has 0 saturated carbocycles. The Bertz CT molecular complexity index is 1230. The molecule has 0 spiro atoms. The third-order valence-electron chi connectivity index (χ3n) is 6.16. The Kier molecular flexibility index (Phi) is 5.38. The summed E-state index contributed by atoms with van der Waals surface area (Å²) < 4.78 is 0. The zero-order valence-electron chi connectivity index (χ0n) is 18.7. The standard InChI is InChI=1S/C26H25N5O2/c1-18-9-10-21(19(2)17-18)22-23(25(33)31(24(22)32)20-7-4-3-5-8-20)29-13-15-30(16-14-29)26-27-11-6-12-28-26/h3-12,17H,13-16H2,1-2H3. The van der Waals surface area contributed by atoms with E-state index in [2.05, 4.69) is 14.9 Å². The molecule has 166 valence electrons. The molecule has 7 heteroatoms. The van der Waals surface area contributed by atoms with Crippen molar-refractivity contribution in [2.24, 2.45) is 0 Å². The highest BCUT2D eigenvalue weighted by Gasteiger charge is 2.43. The summed E-state index contributed by atoms with van der Waals surface area (Å²) >= 11 is 0. The molecule has 0 unspecified atom stereocenters. The smallest absolute Gasteiger partial charge is 0.282 e. The maximum atomic E-state index is 13.7. The molecule has 2 aliphatic heterocycles. The number of anilines is 2. The molecule has 0 N–H and O–H groups in total. The van der Waals surface area contributed by atoms with Crippen molar-refractivity contribution in [3.05, 3.63) is 89.4 Å². The van der Waals surface area contributed by atoms with E-state index in [-0.39, 0.29) is 11.8 Å². The van der Waals surface area contributed by atoms with Crippen LogP contribution in [0.2, 0.25) is 0 Å². The first kappa shape index (κ1) is 20.9. The molecule has 3 heterocycles. The molecule has 1 fully saturated rings. The van der Waals surface area contributed by atoms with Gasteiger partial charge in [-0.2, -0.15) is 0 Å². The minimum Gasteiger partial charge on any atom is -0.363 e. The van der Waals surface area contributed by atoms with Gasteiger partial charge in [-0.05, 0) is 43.2 Å². The van der Waals surface area contributed by atoms with Gasteiger partial charge in [0.05, 0.1) is 11.3 Å². The van der Waals surface area contributed by atoms with Crippen LogP contribution >= 0.6 is 0 Å². The molecule has 0 radical (unpaired) electrons. The van der Waals surface area contributed by atoms with Gasteiger partial charge in [-0.3, -0.25) is 9.59 Å². The highest BCUT2D eigenvalue weighted by Crippen LogP contribution is 2.36. The van der Waals surface area contributed by atoms with Gasteiger partial charge in [0.1, 0.15) is 5.70 Å². The Morgan fingerprint density at radius 3 is 2.09 bits per heavy atom. The Balaban J connectivity index is 1.53. The molecule has 5 rings (SSSR count). The van der Waals surface area contributed by atoms with Crippen molar-refractivity contribution in [1.29, 1.82) is 0 Å². The van der Waals surface area contributed by atoms with Crippen LogP contribution in [0.4, 0.5) is 11.6 Å². The summed E-state index contributed by atoms with van der Waals surface area (Å²) in [5.74, 6) is 0.132. The lowest BCUT2D eigenvalue weighted by atomic mass is 9.97. The van der Waals surface area contributed by atoms with Crippen molar-refractivity contribution < 1.29 is 9.59 Å². The predicted octanol–water partition coefficient (Wildman–Crippen LogP) is 3.20. The molecule has 33 heavy (non-hydrogen) atoms. The molecule has 0 aliphatic carbocycles. The number of hydrogen-bond donors (Lipinski definition) is 0.